The summed E-state index contributed by atoms with van der Waals surface area (Å²) in [5, 5.41) is 15.9. The number of carbonyl (C=O) groups excluding carboxylic acids is 1. The Balaban J connectivity index is 0.000000396. The monoisotopic (exact) mass is 447 g/mol. The van der Waals surface area contributed by atoms with Gasteiger partial charge >= 0.3 is 12.1 Å². The lowest BCUT2D eigenvalue weighted by Gasteiger charge is -2.37. The van der Waals surface area contributed by atoms with Crippen molar-refractivity contribution in [2.45, 2.75) is 24.6 Å². The summed E-state index contributed by atoms with van der Waals surface area (Å²) < 4.78 is 37.1. The zero-order valence-corrected chi connectivity index (χ0v) is 16.7. The Morgan fingerprint density at radius 1 is 1.30 bits per heavy atom. The second kappa shape index (κ2) is 10.4. The van der Waals surface area contributed by atoms with Crippen LogP contribution in [0.4, 0.5) is 13.2 Å². The Hall–Kier alpha value is -2.64. The lowest BCUT2D eigenvalue weighted by molar-refractivity contribution is -0.192. The molecule has 9 nitrogen and oxygen atoms in total. The van der Waals surface area contributed by atoms with Crippen LogP contribution < -0.4 is 10.6 Å². The average molecular weight is 447 g/mol. The molecule has 1 aliphatic heterocycles. The molecule has 0 aromatic carbocycles. The molecule has 0 aliphatic carbocycles. The van der Waals surface area contributed by atoms with E-state index in [9.17, 15) is 18.0 Å². The maximum Gasteiger partial charge on any atom is 0.490 e. The Morgan fingerprint density at radius 3 is 2.43 bits per heavy atom. The summed E-state index contributed by atoms with van der Waals surface area (Å²) >= 11 is 1.36. The summed E-state index contributed by atoms with van der Waals surface area (Å²) in [6.45, 7) is 2.23. The Kier molecular flexibility index (Phi) is 8.20. The van der Waals surface area contributed by atoms with Gasteiger partial charge in [0.2, 0.25) is 0 Å². The molecule has 3 heterocycles. The molecular weight excluding hydrogens is 427 g/mol. The molecule has 1 fully saturated rings. The first-order valence-corrected chi connectivity index (χ1v) is 9.60. The van der Waals surface area contributed by atoms with Gasteiger partial charge in [-0.25, -0.2) is 19.7 Å². The van der Waals surface area contributed by atoms with Crippen LogP contribution in [0.5, 0.6) is 0 Å². The number of rotatable bonds is 5. The molecule has 13 heteroatoms. The Labute approximate surface area is 173 Å². The summed E-state index contributed by atoms with van der Waals surface area (Å²) in [5.74, 6) is -2.40. The van der Waals surface area contributed by atoms with Gasteiger partial charge in [-0.1, -0.05) is 0 Å². The van der Waals surface area contributed by atoms with Gasteiger partial charge in [-0.2, -0.15) is 13.2 Å². The van der Waals surface area contributed by atoms with Crippen molar-refractivity contribution in [3.63, 3.8) is 0 Å². The fourth-order valence-electron chi connectivity index (χ4n) is 2.68. The largest absolute Gasteiger partial charge is 0.490 e. The first-order chi connectivity index (χ1) is 14.2. The molecule has 0 unspecified atom stereocenters. The van der Waals surface area contributed by atoms with E-state index in [1.165, 1.54) is 11.3 Å². The first kappa shape index (κ1) is 23.6. The summed E-state index contributed by atoms with van der Waals surface area (Å²) in [7, 11) is 1.66. The number of alkyl halides is 3. The maximum absolute atomic E-state index is 12.6. The highest BCUT2D eigenvalue weighted by molar-refractivity contribution is 7.13. The van der Waals surface area contributed by atoms with E-state index in [0.29, 0.717) is 23.1 Å². The van der Waals surface area contributed by atoms with Gasteiger partial charge in [-0.05, 0) is 32.0 Å². The molecule has 1 saturated heterocycles. The van der Waals surface area contributed by atoms with Crippen molar-refractivity contribution in [3.05, 3.63) is 29.5 Å². The molecule has 0 spiro atoms. The van der Waals surface area contributed by atoms with Crippen molar-refractivity contribution in [2.24, 2.45) is 0 Å². The molecule has 3 rings (SSSR count). The van der Waals surface area contributed by atoms with E-state index in [2.05, 4.69) is 25.6 Å². The summed E-state index contributed by atoms with van der Waals surface area (Å²) in [6.07, 6.45) is -0.0884. The minimum absolute atomic E-state index is 0.178. The van der Waals surface area contributed by atoms with Crippen LogP contribution in [0.15, 0.2) is 23.8 Å². The fraction of sp³-hybridized carbons (Fsp3) is 0.471. The number of amides is 1. The molecule has 2 aromatic rings. The van der Waals surface area contributed by atoms with Crippen molar-refractivity contribution in [1.82, 2.24) is 25.6 Å². The van der Waals surface area contributed by atoms with Gasteiger partial charge in [0.1, 0.15) is 5.69 Å². The highest BCUT2D eigenvalue weighted by atomic mass is 32.1. The molecular formula is C17H20F3N5O4S. The van der Waals surface area contributed by atoms with Crippen LogP contribution in [-0.4, -0.2) is 70.5 Å². The number of carbonyl (C=O) groups is 2. The Morgan fingerprint density at radius 2 is 1.90 bits per heavy atom. The summed E-state index contributed by atoms with van der Waals surface area (Å²) in [6, 6.07) is 1.75. The number of ether oxygens (including phenoxy) is 1. The molecule has 1 amide bonds. The van der Waals surface area contributed by atoms with Gasteiger partial charge in [0, 0.05) is 24.9 Å². The number of hydrogen-bond donors (Lipinski definition) is 3. The van der Waals surface area contributed by atoms with Crippen LogP contribution in [0.1, 0.15) is 23.3 Å². The van der Waals surface area contributed by atoms with Gasteiger partial charge in [0.05, 0.1) is 12.1 Å². The van der Waals surface area contributed by atoms with E-state index in [-0.39, 0.29) is 11.4 Å². The van der Waals surface area contributed by atoms with Gasteiger partial charge in [-0.3, -0.25) is 4.79 Å². The molecule has 3 N–H and O–H groups in total. The van der Waals surface area contributed by atoms with Crippen molar-refractivity contribution in [2.75, 3.05) is 26.8 Å². The second-order valence-electron chi connectivity index (χ2n) is 6.33. The van der Waals surface area contributed by atoms with Gasteiger partial charge in [0.15, 0.2) is 10.8 Å². The quantitative estimate of drug-likeness (QED) is 0.633. The van der Waals surface area contributed by atoms with Crippen LogP contribution in [0, 0.1) is 0 Å². The van der Waals surface area contributed by atoms with Crippen LogP contribution in [0.2, 0.25) is 0 Å². The van der Waals surface area contributed by atoms with E-state index >= 15 is 0 Å². The molecule has 164 valence electrons. The Bertz CT molecular complexity index is 836. The van der Waals surface area contributed by atoms with E-state index in [4.69, 9.17) is 14.6 Å². The predicted octanol–water partition coefficient (Wildman–Crippen LogP) is 1.73. The number of thiazole rings is 1. The predicted molar refractivity (Wildman–Crippen MR) is 101 cm³/mol. The average Bonchev–Trinajstić information content (AvgIpc) is 3.20. The van der Waals surface area contributed by atoms with E-state index in [1.54, 1.807) is 30.9 Å². The van der Waals surface area contributed by atoms with Gasteiger partial charge in [-0.15, -0.1) is 11.3 Å². The van der Waals surface area contributed by atoms with Gasteiger partial charge < -0.3 is 20.5 Å². The highest BCUT2D eigenvalue weighted by Gasteiger charge is 2.38. The second-order valence-corrected chi connectivity index (χ2v) is 7.19. The highest BCUT2D eigenvalue weighted by Crippen LogP contribution is 2.22. The number of carboxylic acids is 1. The third kappa shape index (κ3) is 6.71. The molecule has 0 atom stereocenters. The topological polar surface area (TPSA) is 126 Å². The standard InChI is InChI=1S/C15H19N5O2S.C2HF3O2/c1-22-10-15(3-7-16-8-4-15)20-13(21)11-9-23-14(19-11)12-17-5-2-6-18-12;3-2(4,5)1(6)7/h2,5-6,9,16H,3-4,7-8,10H2,1H3,(H,20,21);(H,6,7). The van der Waals surface area contributed by atoms with Crippen molar-refractivity contribution >= 4 is 23.2 Å². The SMILES string of the molecule is COCC1(NC(=O)c2csc(-c3ncccn3)n2)CCNCC1.O=C(O)C(F)(F)F. The molecule has 0 saturated carbocycles. The lowest BCUT2D eigenvalue weighted by atomic mass is 9.89. The number of aliphatic carboxylic acids is 1. The van der Waals surface area contributed by atoms with Crippen LogP contribution in [0.25, 0.3) is 10.8 Å². The summed E-state index contributed by atoms with van der Waals surface area (Å²) in [4.78, 5) is 34.1. The summed E-state index contributed by atoms with van der Waals surface area (Å²) in [5.41, 5.74) is 0.0656. The smallest absolute Gasteiger partial charge is 0.475 e. The third-order valence-electron chi connectivity index (χ3n) is 4.10. The van der Waals surface area contributed by atoms with E-state index in [1.807, 2.05) is 0 Å². The molecule has 0 radical (unpaired) electrons. The molecule has 2 aromatic heterocycles. The number of halogens is 3. The number of aromatic nitrogens is 3. The zero-order valence-electron chi connectivity index (χ0n) is 15.9. The van der Waals surface area contributed by atoms with Crippen molar-refractivity contribution in [3.8, 4) is 10.8 Å². The van der Waals surface area contributed by atoms with Crippen LogP contribution >= 0.6 is 11.3 Å². The molecule has 1 aliphatic rings. The maximum atomic E-state index is 12.6. The minimum atomic E-state index is -5.08. The fourth-order valence-corrected chi connectivity index (χ4v) is 3.43. The number of piperidine rings is 1. The van der Waals surface area contributed by atoms with Gasteiger partial charge in [0.25, 0.3) is 5.91 Å². The number of nitrogens with one attached hydrogen (secondary N) is 2. The zero-order chi connectivity index (χ0) is 22.2. The normalized spacial score (nSPS) is 15.6. The first-order valence-electron chi connectivity index (χ1n) is 8.72. The lowest BCUT2D eigenvalue weighted by Crippen LogP contribution is -2.57. The van der Waals surface area contributed by atoms with Crippen LogP contribution in [0.3, 0.4) is 0 Å². The molecule has 30 heavy (non-hydrogen) atoms. The molecule has 0 bridgehead atoms. The number of carboxylic acid groups (broad SMARTS) is 1. The number of nitrogens with zero attached hydrogens (tertiary/aromatic N) is 3. The third-order valence-corrected chi connectivity index (χ3v) is 4.93. The van der Waals surface area contributed by atoms with E-state index < -0.39 is 12.1 Å². The minimum Gasteiger partial charge on any atom is -0.475 e. The van der Waals surface area contributed by atoms with Crippen molar-refractivity contribution in [1.29, 1.82) is 0 Å². The van der Waals surface area contributed by atoms with Crippen LogP contribution in [-0.2, 0) is 9.53 Å². The number of methoxy groups -OCH3 is 1. The van der Waals surface area contributed by atoms with E-state index in [0.717, 1.165) is 25.9 Å². The number of hydrogen-bond acceptors (Lipinski definition) is 8. The van der Waals surface area contributed by atoms with Crippen molar-refractivity contribution < 1.29 is 32.6 Å².